The van der Waals surface area contributed by atoms with Crippen LogP contribution < -0.4 is 10.1 Å². The standard InChI is InChI=1S/C21H21N3O5/c25-20(13-29-19-9-5-4-8-17(19)24(27)28)22-15-10-21(26)23(12-15)18-11-16(18)14-6-2-1-3-7-14/h1-9,15-16,18H,10-13H2,(H,22,25)/t15-,16+,18-/m1/s1. The number of para-hydroxylation sites is 2. The van der Waals surface area contributed by atoms with Crippen LogP contribution in [0.2, 0.25) is 0 Å². The third kappa shape index (κ3) is 4.21. The molecule has 2 fully saturated rings. The van der Waals surface area contributed by atoms with Crippen LogP contribution >= 0.6 is 0 Å². The summed E-state index contributed by atoms with van der Waals surface area (Å²) in [5.41, 5.74) is 1.04. The summed E-state index contributed by atoms with van der Waals surface area (Å²) < 4.78 is 5.31. The summed E-state index contributed by atoms with van der Waals surface area (Å²) in [5.74, 6) is 0.0357. The Morgan fingerprint density at radius 3 is 2.66 bits per heavy atom. The summed E-state index contributed by atoms with van der Waals surface area (Å²) in [5, 5.41) is 13.8. The van der Waals surface area contributed by atoms with E-state index in [0.29, 0.717) is 12.5 Å². The lowest BCUT2D eigenvalue weighted by molar-refractivity contribution is -0.385. The molecule has 4 rings (SSSR count). The molecule has 1 aliphatic heterocycles. The third-order valence-corrected chi connectivity index (χ3v) is 5.33. The topological polar surface area (TPSA) is 102 Å². The number of nitro benzene ring substituents is 1. The summed E-state index contributed by atoms with van der Waals surface area (Å²) in [7, 11) is 0. The van der Waals surface area contributed by atoms with E-state index in [2.05, 4.69) is 17.4 Å². The summed E-state index contributed by atoms with van der Waals surface area (Å²) in [6.45, 7) is 0.135. The largest absolute Gasteiger partial charge is 0.477 e. The van der Waals surface area contributed by atoms with Crippen molar-refractivity contribution in [1.29, 1.82) is 0 Å². The zero-order valence-corrected chi connectivity index (χ0v) is 15.7. The van der Waals surface area contributed by atoms with Crippen LogP contribution in [-0.4, -0.2) is 46.9 Å². The molecule has 0 bridgehead atoms. The Kier molecular flexibility index (Phi) is 5.16. The highest BCUT2D eigenvalue weighted by Crippen LogP contribution is 2.45. The summed E-state index contributed by atoms with van der Waals surface area (Å²) in [6.07, 6.45) is 1.20. The predicted octanol–water partition coefficient (Wildman–Crippen LogP) is 2.25. The molecule has 1 N–H and O–H groups in total. The zero-order valence-electron chi connectivity index (χ0n) is 15.7. The number of carbonyl (C=O) groups is 2. The molecule has 0 spiro atoms. The normalized spacial score (nSPS) is 23.0. The smallest absolute Gasteiger partial charge is 0.310 e. The number of hydrogen-bond donors (Lipinski definition) is 1. The number of carbonyl (C=O) groups excluding carboxylic acids is 2. The van der Waals surface area contributed by atoms with Crippen molar-refractivity contribution in [2.45, 2.75) is 30.8 Å². The van der Waals surface area contributed by atoms with Crippen molar-refractivity contribution in [2.24, 2.45) is 0 Å². The fraction of sp³-hybridized carbons (Fsp3) is 0.333. The molecule has 8 heteroatoms. The minimum atomic E-state index is -0.556. The van der Waals surface area contributed by atoms with Gasteiger partial charge in [-0.2, -0.15) is 0 Å². The van der Waals surface area contributed by atoms with Crippen molar-refractivity contribution in [2.75, 3.05) is 13.2 Å². The molecule has 2 amide bonds. The van der Waals surface area contributed by atoms with E-state index in [1.807, 2.05) is 23.1 Å². The molecule has 0 aromatic heterocycles. The highest BCUT2D eigenvalue weighted by atomic mass is 16.6. The quantitative estimate of drug-likeness (QED) is 0.572. The number of nitrogens with zero attached hydrogens (tertiary/aromatic N) is 2. The van der Waals surface area contributed by atoms with Crippen molar-refractivity contribution < 1.29 is 19.2 Å². The molecule has 29 heavy (non-hydrogen) atoms. The average Bonchev–Trinajstić information content (AvgIpc) is 3.43. The van der Waals surface area contributed by atoms with Crippen molar-refractivity contribution in [1.82, 2.24) is 10.2 Å². The van der Waals surface area contributed by atoms with E-state index in [4.69, 9.17) is 4.74 Å². The Hall–Kier alpha value is -3.42. The molecule has 8 nitrogen and oxygen atoms in total. The van der Waals surface area contributed by atoms with E-state index in [1.54, 1.807) is 6.07 Å². The van der Waals surface area contributed by atoms with Gasteiger partial charge in [0.15, 0.2) is 12.4 Å². The van der Waals surface area contributed by atoms with Crippen LogP contribution in [0.15, 0.2) is 54.6 Å². The summed E-state index contributed by atoms with van der Waals surface area (Å²) in [6, 6.07) is 15.9. The first-order chi connectivity index (χ1) is 14.0. The molecular weight excluding hydrogens is 374 g/mol. The number of ether oxygens (including phenoxy) is 1. The van der Waals surface area contributed by atoms with Crippen LogP contribution in [0, 0.1) is 10.1 Å². The molecule has 1 saturated carbocycles. The number of amides is 2. The molecule has 2 aromatic rings. The molecule has 3 atom stereocenters. The number of benzene rings is 2. The second-order valence-corrected chi connectivity index (χ2v) is 7.35. The second-order valence-electron chi connectivity index (χ2n) is 7.35. The van der Waals surface area contributed by atoms with Crippen LogP contribution in [0.4, 0.5) is 5.69 Å². The first kappa shape index (κ1) is 18.9. The van der Waals surface area contributed by atoms with Gasteiger partial charge in [0, 0.05) is 31.0 Å². The van der Waals surface area contributed by atoms with Gasteiger partial charge >= 0.3 is 5.69 Å². The Morgan fingerprint density at radius 2 is 1.90 bits per heavy atom. The van der Waals surface area contributed by atoms with Gasteiger partial charge in [0.2, 0.25) is 5.91 Å². The summed E-state index contributed by atoms with van der Waals surface area (Å²) in [4.78, 5) is 36.9. The van der Waals surface area contributed by atoms with Crippen LogP contribution in [0.25, 0.3) is 0 Å². The molecule has 0 radical (unpaired) electrons. The Morgan fingerprint density at radius 1 is 1.17 bits per heavy atom. The lowest BCUT2D eigenvalue weighted by atomic mass is 10.1. The highest BCUT2D eigenvalue weighted by Gasteiger charge is 2.47. The van der Waals surface area contributed by atoms with Gasteiger partial charge in [0.05, 0.1) is 11.0 Å². The number of nitro groups is 1. The van der Waals surface area contributed by atoms with Crippen molar-refractivity contribution >= 4 is 17.5 Å². The Bertz CT molecular complexity index is 933. The molecule has 1 aliphatic carbocycles. The van der Waals surface area contributed by atoms with Crippen LogP contribution in [0.5, 0.6) is 5.75 Å². The molecular formula is C21H21N3O5. The fourth-order valence-corrected chi connectivity index (χ4v) is 3.88. The molecule has 1 saturated heterocycles. The van der Waals surface area contributed by atoms with Gasteiger partial charge in [0.25, 0.3) is 5.91 Å². The monoisotopic (exact) mass is 395 g/mol. The number of rotatable bonds is 7. The van der Waals surface area contributed by atoms with Gasteiger partial charge in [-0.15, -0.1) is 0 Å². The molecule has 2 aliphatic rings. The maximum Gasteiger partial charge on any atom is 0.310 e. The molecule has 1 heterocycles. The van der Waals surface area contributed by atoms with Gasteiger partial charge < -0.3 is 15.0 Å². The van der Waals surface area contributed by atoms with Gasteiger partial charge in [0.1, 0.15) is 0 Å². The Labute approximate surface area is 167 Å². The van der Waals surface area contributed by atoms with Crippen molar-refractivity contribution in [3.05, 3.63) is 70.3 Å². The zero-order chi connectivity index (χ0) is 20.4. The second kappa shape index (κ2) is 7.90. The lowest BCUT2D eigenvalue weighted by Crippen LogP contribution is -2.40. The van der Waals surface area contributed by atoms with Gasteiger partial charge in [-0.25, -0.2) is 0 Å². The SMILES string of the molecule is O=C(COc1ccccc1[N+](=O)[O-])N[C@@H]1CC(=O)N([C@@H]2C[C@H]2c2ccccc2)C1. The van der Waals surface area contributed by atoms with Crippen molar-refractivity contribution in [3.63, 3.8) is 0 Å². The van der Waals surface area contributed by atoms with Crippen molar-refractivity contribution in [3.8, 4) is 5.75 Å². The first-order valence-corrected chi connectivity index (χ1v) is 9.53. The summed E-state index contributed by atoms with van der Waals surface area (Å²) >= 11 is 0. The molecule has 0 unspecified atom stereocenters. The van der Waals surface area contributed by atoms with E-state index in [1.165, 1.54) is 23.8 Å². The maximum atomic E-state index is 12.4. The Balaban J connectivity index is 1.28. The average molecular weight is 395 g/mol. The molecule has 150 valence electrons. The highest BCUT2D eigenvalue weighted by molar-refractivity contribution is 5.83. The van der Waals surface area contributed by atoms with Gasteiger partial charge in [-0.1, -0.05) is 42.5 Å². The number of nitrogens with one attached hydrogen (secondary N) is 1. The maximum absolute atomic E-state index is 12.4. The third-order valence-electron chi connectivity index (χ3n) is 5.33. The minimum Gasteiger partial charge on any atom is -0.477 e. The van der Waals surface area contributed by atoms with Gasteiger partial charge in [-0.05, 0) is 18.1 Å². The predicted molar refractivity (Wildman–Crippen MR) is 104 cm³/mol. The minimum absolute atomic E-state index is 0.0401. The van der Waals surface area contributed by atoms with Crippen LogP contribution in [-0.2, 0) is 9.59 Å². The first-order valence-electron chi connectivity index (χ1n) is 9.53. The van der Waals surface area contributed by atoms with E-state index in [0.717, 1.165) is 6.42 Å². The number of likely N-dealkylation sites (tertiary alicyclic amines) is 1. The van der Waals surface area contributed by atoms with Crippen LogP contribution in [0.1, 0.15) is 24.3 Å². The fourth-order valence-electron chi connectivity index (χ4n) is 3.88. The van der Waals surface area contributed by atoms with Crippen LogP contribution in [0.3, 0.4) is 0 Å². The van der Waals surface area contributed by atoms with E-state index < -0.39 is 10.8 Å². The number of hydrogen-bond acceptors (Lipinski definition) is 5. The van der Waals surface area contributed by atoms with E-state index >= 15 is 0 Å². The van der Waals surface area contributed by atoms with E-state index in [-0.39, 0.29) is 42.5 Å². The van der Waals surface area contributed by atoms with Gasteiger partial charge in [-0.3, -0.25) is 19.7 Å². The molecule has 2 aromatic carbocycles. The van der Waals surface area contributed by atoms with E-state index in [9.17, 15) is 19.7 Å². The lowest BCUT2D eigenvalue weighted by Gasteiger charge is -2.17.